The second-order valence-electron chi connectivity index (χ2n) is 5.32. The highest BCUT2D eigenvalue weighted by Crippen LogP contribution is 2.28. The number of anilines is 2. The topological polar surface area (TPSA) is 59.2 Å². The number of hydrogen-bond donors (Lipinski definition) is 1. The van der Waals surface area contributed by atoms with E-state index in [1.165, 1.54) is 0 Å². The first-order valence-electron chi connectivity index (χ1n) is 6.47. The molecule has 0 atom stereocenters. The van der Waals surface area contributed by atoms with Crippen molar-refractivity contribution in [1.82, 2.24) is 4.98 Å². The zero-order valence-corrected chi connectivity index (χ0v) is 12.0. The van der Waals surface area contributed by atoms with Gasteiger partial charge in [0.15, 0.2) is 0 Å². The van der Waals surface area contributed by atoms with E-state index in [1.54, 1.807) is 24.3 Å². The minimum absolute atomic E-state index is 0.0217. The first kappa shape index (κ1) is 14.1. The fourth-order valence-corrected chi connectivity index (χ4v) is 2.13. The van der Waals surface area contributed by atoms with Crippen LogP contribution in [0.1, 0.15) is 19.4 Å². The van der Waals surface area contributed by atoms with Gasteiger partial charge in [0, 0.05) is 30.8 Å². The second kappa shape index (κ2) is 5.33. The van der Waals surface area contributed by atoms with Gasteiger partial charge in [-0.1, -0.05) is 12.1 Å². The first-order valence-corrected chi connectivity index (χ1v) is 6.47. The molecule has 0 bridgehead atoms. The number of carbonyl (C=O) groups excluding carboxylic acids is 1. The van der Waals surface area contributed by atoms with Crippen molar-refractivity contribution in [2.45, 2.75) is 19.3 Å². The highest BCUT2D eigenvalue weighted by atomic mass is 16.2. The standard InChI is InChI=1S/C16H19N3O/c1-16(2,12-4-6-13(17)7-5-12)15(20)19(3)14-8-10-18-11-9-14/h4-11H,17H2,1-3H3. The maximum absolute atomic E-state index is 12.7. The van der Waals surface area contributed by atoms with E-state index in [-0.39, 0.29) is 5.91 Å². The first-order chi connectivity index (χ1) is 9.43. The summed E-state index contributed by atoms with van der Waals surface area (Å²) >= 11 is 0. The summed E-state index contributed by atoms with van der Waals surface area (Å²) in [6, 6.07) is 11.1. The number of benzene rings is 1. The molecule has 1 aromatic heterocycles. The van der Waals surface area contributed by atoms with Gasteiger partial charge in [-0.15, -0.1) is 0 Å². The van der Waals surface area contributed by atoms with Crippen LogP contribution in [0.15, 0.2) is 48.8 Å². The van der Waals surface area contributed by atoms with E-state index in [9.17, 15) is 4.79 Å². The van der Waals surface area contributed by atoms with Crippen LogP contribution in [0.3, 0.4) is 0 Å². The fraction of sp³-hybridized carbons (Fsp3) is 0.250. The summed E-state index contributed by atoms with van der Waals surface area (Å²) in [5.41, 5.74) is 7.54. The van der Waals surface area contributed by atoms with E-state index < -0.39 is 5.41 Å². The molecule has 1 amide bonds. The Balaban J connectivity index is 2.29. The van der Waals surface area contributed by atoms with E-state index in [0.717, 1.165) is 11.3 Å². The van der Waals surface area contributed by atoms with Crippen LogP contribution in [0.2, 0.25) is 0 Å². The third-order valence-electron chi connectivity index (χ3n) is 3.52. The Morgan fingerprint density at radius 1 is 1.10 bits per heavy atom. The van der Waals surface area contributed by atoms with Crippen LogP contribution in [0.4, 0.5) is 11.4 Å². The number of hydrogen-bond acceptors (Lipinski definition) is 3. The number of nitrogens with zero attached hydrogens (tertiary/aromatic N) is 2. The molecular weight excluding hydrogens is 250 g/mol. The lowest BCUT2D eigenvalue weighted by molar-refractivity contribution is -0.122. The molecule has 0 unspecified atom stereocenters. The van der Waals surface area contributed by atoms with Gasteiger partial charge in [0.05, 0.1) is 5.41 Å². The third-order valence-corrected chi connectivity index (χ3v) is 3.52. The van der Waals surface area contributed by atoms with Gasteiger partial charge in [-0.2, -0.15) is 0 Å². The zero-order valence-electron chi connectivity index (χ0n) is 12.0. The fourth-order valence-electron chi connectivity index (χ4n) is 2.13. The summed E-state index contributed by atoms with van der Waals surface area (Å²) in [5.74, 6) is 0.0217. The molecule has 0 aliphatic rings. The molecule has 20 heavy (non-hydrogen) atoms. The summed E-state index contributed by atoms with van der Waals surface area (Å²) in [4.78, 5) is 18.3. The summed E-state index contributed by atoms with van der Waals surface area (Å²) in [5, 5.41) is 0. The molecule has 104 valence electrons. The van der Waals surface area contributed by atoms with Gasteiger partial charge in [0.1, 0.15) is 0 Å². The van der Waals surface area contributed by atoms with Crippen LogP contribution in [0, 0.1) is 0 Å². The van der Waals surface area contributed by atoms with Crippen LogP contribution in [-0.2, 0) is 10.2 Å². The molecule has 2 aromatic rings. The van der Waals surface area contributed by atoms with Gasteiger partial charge in [0.25, 0.3) is 0 Å². The Bertz CT molecular complexity index is 591. The Labute approximate surface area is 119 Å². The smallest absolute Gasteiger partial charge is 0.236 e. The molecule has 1 aromatic carbocycles. The highest BCUT2D eigenvalue weighted by molar-refractivity contribution is 6.00. The van der Waals surface area contributed by atoms with Crippen molar-refractivity contribution in [3.8, 4) is 0 Å². The molecule has 0 fully saturated rings. The van der Waals surface area contributed by atoms with Crippen molar-refractivity contribution in [2.24, 2.45) is 0 Å². The van der Waals surface area contributed by atoms with Crippen molar-refractivity contribution in [3.63, 3.8) is 0 Å². The van der Waals surface area contributed by atoms with Gasteiger partial charge in [-0.05, 0) is 43.7 Å². The summed E-state index contributed by atoms with van der Waals surface area (Å²) in [6.45, 7) is 3.83. The average molecular weight is 269 g/mol. The maximum Gasteiger partial charge on any atom is 0.236 e. The van der Waals surface area contributed by atoms with E-state index in [0.29, 0.717) is 5.69 Å². The molecule has 0 saturated carbocycles. The molecule has 2 rings (SSSR count). The zero-order chi connectivity index (χ0) is 14.8. The van der Waals surface area contributed by atoms with Crippen molar-refractivity contribution < 1.29 is 4.79 Å². The van der Waals surface area contributed by atoms with Crippen molar-refractivity contribution in [3.05, 3.63) is 54.4 Å². The molecule has 0 aliphatic carbocycles. The Hall–Kier alpha value is -2.36. The SMILES string of the molecule is CN(C(=O)C(C)(C)c1ccc(N)cc1)c1ccncc1. The Morgan fingerprint density at radius 2 is 1.65 bits per heavy atom. The van der Waals surface area contributed by atoms with Crippen LogP contribution in [0.25, 0.3) is 0 Å². The van der Waals surface area contributed by atoms with Crippen LogP contribution in [-0.4, -0.2) is 17.9 Å². The lowest BCUT2D eigenvalue weighted by atomic mass is 9.83. The predicted molar refractivity (Wildman–Crippen MR) is 81.5 cm³/mol. The second-order valence-corrected chi connectivity index (χ2v) is 5.32. The highest BCUT2D eigenvalue weighted by Gasteiger charge is 2.32. The minimum atomic E-state index is -0.619. The maximum atomic E-state index is 12.7. The van der Waals surface area contributed by atoms with Crippen LogP contribution in [0.5, 0.6) is 0 Å². The van der Waals surface area contributed by atoms with Crippen molar-refractivity contribution >= 4 is 17.3 Å². The number of rotatable bonds is 3. The molecule has 2 N–H and O–H groups in total. The molecule has 4 nitrogen and oxygen atoms in total. The lowest BCUT2D eigenvalue weighted by Crippen LogP contribution is -2.41. The van der Waals surface area contributed by atoms with E-state index in [4.69, 9.17) is 5.73 Å². The Morgan fingerprint density at radius 3 is 2.20 bits per heavy atom. The number of likely N-dealkylation sites (N-methyl/N-ethyl adjacent to an activating group) is 1. The number of carbonyl (C=O) groups is 1. The van der Waals surface area contributed by atoms with E-state index in [2.05, 4.69) is 4.98 Å². The largest absolute Gasteiger partial charge is 0.399 e. The lowest BCUT2D eigenvalue weighted by Gasteiger charge is -2.30. The average Bonchev–Trinajstić information content (AvgIpc) is 2.47. The molecule has 0 aliphatic heterocycles. The van der Waals surface area contributed by atoms with Gasteiger partial charge < -0.3 is 10.6 Å². The molecule has 0 radical (unpaired) electrons. The van der Waals surface area contributed by atoms with Gasteiger partial charge >= 0.3 is 0 Å². The monoisotopic (exact) mass is 269 g/mol. The van der Waals surface area contributed by atoms with Crippen molar-refractivity contribution in [1.29, 1.82) is 0 Å². The van der Waals surface area contributed by atoms with Gasteiger partial charge in [-0.3, -0.25) is 9.78 Å². The van der Waals surface area contributed by atoms with E-state index in [1.807, 2.05) is 50.2 Å². The Kier molecular flexibility index (Phi) is 3.74. The van der Waals surface area contributed by atoms with Crippen LogP contribution < -0.4 is 10.6 Å². The number of aromatic nitrogens is 1. The number of nitrogens with two attached hydrogens (primary N) is 1. The quantitative estimate of drug-likeness (QED) is 0.871. The number of amides is 1. The molecule has 0 saturated heterocycles. The summed E-state index contributed by atoms with van der Waals surface area (Å²) in [6.07, 6.45) is 3.35. The third kappa shape index (κ3) is 2.64. The molecule has 1 heterocycles. The molecular formula is C16H19N3O. The van der Waals surface area contributed by atoms with Gasteiger partial charge in [-0.25, -0.2) is 0 Å². The predicted octanol–water partition coefficient (Wildman–Crippen LogP) is 2.60. The number of nitrogen functional groups attached to an aromatic ring is 1. The molecule has 0 spiro atoms. The van der Waals surface area contributed by atoms with Crippen LogP contribution >= 0.6 is 0 Å². The number of pyridine rings is 1. The summed E-state index contributed by atoms with van der Waals surface area (Å²) < 4.78 is 0. The van der Waals surface area contributed by atoms with Gasteiger partial charge in [0.2, 0.25) is 5.91 Å². The molecule has 4 heteroatoms. The van der Waals surface area contributed by atoms with Crippen molar-refractivity contribution in [2.75, 3.05) is 17.7 Å². The summed E-state index contributed by atoms with van der Waals surface area (Å²) in [7, 11) is 1.77. The van der Waals surface area contributed by atoms with E-state index >= 15 is 0 Å². The normalized spacial score (nSPS) is 11.2. The minimum Gasteiger partial charge on any atom is -0.399 e.